The van der Waals surface area contributed by atoms with Crippen LogP contribution in [0.2, 0.25) is 0 Å². The summed E-state index contributed by atoms with van der Waals surface area (Å²) < 4.78 is 5.97. The van der Waals surface area contributed by atoms with E-state index in [1.807, 2.05) is 24.8 Å². The smallest absolute Gasteiger partial charge is 0.225 e. The van der Waals surface area contributed by atoms with E-state index in [0.29, 0.717) is 5.92 Å². The maximum absolute atomic E-state index is 12.2. The highest BCUT2D eigenvalue weighted by Gasteiger charge is 2.31. The van der Waals surface area contributed by atoms with Gasteiger partial charge in [-0.05, 0) is 18.4 Å². The Labute approximate surface area is 185 Å². The predicted molar refractivity (Wildman–Crippen MR) is 123 cm³/mol. The molecular formula is C21H33IN4O2. The molecule has 0 saturated carbocycles. The molecule has 0 radical (unpaired) electrons. The van der Waals surface area contributed by atoms with Crippen molar-refractivity contribution in [3.05, 3.63) is 35.9 Å². The molecule has 1 aromatic rings. The second kappa shape index (κ2) is 11.0. The van der Waals surface area contributed by atoms with Gasteiger partial charge in [0, 0.05) is 51.2 Å². The number of nitrogens with one attached hydrogen (secondary N) is 2. The second-order valence-electron chi connectivity index (χ2n) is 7.77. The molecule has 0 aliphatic carbocycles. The minimum Gasteiger partial charge on any atom is -0.373 e. The second-order valence-corrected chi connectivity index (χ2v) is 7.77. The summed E-state index contributed by atoms with van der Waals surface area (Å²) in [7, 11) is 1.79. The van der Waals surface area contributed by atoms with Crippen LogP contribution in [0.1, 0.15) is 38.4 Å². The van der Waals surface area contributed by atoms with Crippen molar-refractivity contribution in [2.24, 2.45) is 16.8 Å². The van der Waals surface area contributed by atoms with Gasteiger partial charge in [-0.15, -0.1) is 24.0 Å². The molecule has 2 saturated heterocycles. The van der Waals surface area contributed by atoms with Gasteiger partial charge in [0.1, 0.15) is 0 Å². The van der Waals surface area contributed by atoms with Gasteiger partial charge in [-0.25, -0.2) is 0 Å². The zero-order valence-electron chi connectivity index (χ0n) is 17.1. The monoisotopic (exact) mass is 500 g/mol. The Morgan fingerprint density at radius 2 is 2.04 bits per heavy atom. The van der Waals surface area contributed by atoms with Gasteiger partial charge < -0.3 is 20.3 Å². The van der Waals surface area contributed by atoms with E-state index in [9.17, 15) is 4.79 Å². The summed E-state index contributed by atoms with van der Waals surface area (Å²) in [5.74, 6) is 1.51. The maximum Gasteiger partial charge on any atom is 0.225 e. The molecule has 3 rings (SSSR count). The van der Waals surface area contributed by atoms with Crippen LogP contribution >= 0.6 is 24.0 Å². The third-order valence-corrected chi connectivity index (χ3v) is 5.43. The van der Waals surface area contributed by atoms with Crippen LogP contribution in [-0.2, 0) is 9.53 Å². The van der Waals surface area contributed by atoms with Crippen LogP contribution in [0, 0.1) is 11.8 Å². The molecule has 28 heavy (non-hydrogen) atoms. The predicted octanol–water partition coefficient (Wildman–Crippen LogP) is 2.80. The van der Waals surface area contributed by atoms with Crippen molar-refractivity contribution in [3.8, 4) is 0 Å². The van der Waals surface area contributed by atoms with E-state index < -0.39 is 0 Å². The normalized spacial score (nSPS) is 24.9. The van der Waals surface area contributed by atoms with Gasteiger partial charge in [-0.3, -0.25) is 9.79 Å². The number of guanidine groups is 1. The average molecular weight is 500 g/mol. The Morgan fingerprint density at radius 3 is 2.71 bits per heavy atom. The minimum atomic E-state index is 0. The number of likely N-dealkylation sites (tertiary alicyclic amines) is 1. The van der Waals surface area contributed by atoms with Crippen LogP contribution in [0.5, 0.6) is 0 Å². The Kier molecular flexibility index (Phi) is 9.01. The van der Waals surface area contributed by atoms with Gasteiger partial charge in [-0.2, -0.15) is 0 Å². The first-order valence-corrected chi connectivity index (χ1v) is 10.0. The van der Waals surface area contributed by atoms with E-state index in [-0.39, 0.29) is 47.9 Å². The van der Waals surface area contributed by atoms with Crippen molar-refractivity contribution in [1.29, 1.82) is 0 Å². The Morgan fingerprint density at radius 1 is 1.29 bits per heavy atom. The molecule has 1 amide bonds. The maximum atomic E-state index is 12.2. The van der Waals surface area contributed by atoms with E-state index in [1.165, 1.54) is 5.56 Å². The Balaban J connectivity index is 0.00000280. The van der Waals surface area contributed by atoms with Gasteiger partial charge in [0.15, 0.2) is 5.96 Å². The van der Waals surface area contributed by atoms with Gasteiger partial charge in [0.25, 0.3) is 0 Å². The number of carbonyl (C=O) groups is 1. The lowest BCUT2D eigenvalue weighted by molar-refractivity contribution is -0.133. The highest BCUT2D eigenvalue weighted by Crippen LogP contribution is 2.33. The number of ether oxygens (including phenoxy) is 1. The zero-order valence-corrected chi connectivity index (χ0v) is 19.4. The first-order chi connectivity index (χ1) is 13.1. The fourth-order valence-electron chi connectivity index (χ4n) is 3.91. The summed E-state index contributed by atoms with van der Waals surface area (Å²) in [5.41, 5.74) is 1.24. The SMILES string of the molecule is CN=C(NCC1CCOC1c1ccccc1)NC1CCN(C(=O)C(C)C)C1.I. The van der Waals surface area contributed by atoms with Crippen molar-refractivity contribution in [3.63, 3.8) is 0 Å². The topological polar surface area (TPSA) is 66.0 Å². The molecule has 2 N–H and O–H groups in total. The number of rotatable bonds is 5. The highest BCUT2D eigenvalue weighted by atomic mass is 127. The summed E-state index contributed by atoms with van der Waals surface area (Å²) in [6.45, 7) is 7.09. The third kappa shape index (κ3) is 5.83. The van der Waals surface area contributed by atoms with Crippen LogP contribution in [0.3, 0.4) is 0 Å². The standard InChI is InChI=1S/C21H32N4O2.HI/c1-15(2)20(26)25-11-9-18(14-25)24-21(22-3)23-13-17-10-12-27-19(17)16-7-5-4-6-8-16;/h4-8,15,17-19H,9-14H2,1-3H3,(H2,22,23,24);1H. The summed E-state index contributed by atoms with van der Waals surface area (Å²) in [6.07, 6.45) is 2.14. The number of carbonyl (C=O) groups excluding carboxylic acids is 1. The molecule has 2 aliphatic rings. The van der Waals surface area contributed by atoms with Gasteiger partial charge >= 0.3 is 0 Å². The van der Waals surface area contributed by atoms with Gasteiger partial charge in [0.2, 0.25) is 5.91 Å². The largest absolute Gasteiger partial charge is 0.373 e. The van der Waals surface area contributed by atoms with Crippen LogP contribution in [-0.4, -0.2) is 56.1 Å². The molecule has 2 heterocycles. The molecule has 2 aliphatic heterocycles. The fraction of sp³-hybridized carbons (Fsp3) is 0.619. The molecule has 1 aromatic carbocycles. The van der Waals surface area contributed by atoms with Crippen molar-refractivity contribution >= 4 is 35.8 Å². The molecule has 0 spiro atoms. The Hall–Kier alpha value is -1.35. The van der Waals surface area contributed by atoms with Crippen molar-refractivity contribution in [1.82, 2.24) is 15.5 Å². The van der Waals surface area contributed by atoms with Gasteiger partial charge in [0.05, 0.1) is 6.10 Å². The number of halogens is 1. The fourth-order valence-corrected chi connectivity index (χ4v) is 3.91. The van der Waals surface area contributed by atoms with Gasteiger partial charge in [-0.1, -0.05) is 44.2 Å². The molecule has 7 heteroatoms. The quantitative estimate of drug-likeness (QED) is 0.371. The lowest BCUT2D eigenvalue weighted by Crippen LogP contribution is -2.46. The molecule has 6 nitrogen and oxygen atoms in total. The van der Waals surface area contributed by atoms with Crippen LogP contribution in [0.25, 0.3) is 0 Å². The van der Waals surface area contributed by atoms with E-state index in [4.69, 9.17) is 4.74 Å². The number of aliphatic imine (C=N–C) groups is 1. The lowest BCUT2D eigenvalue weighted by atomic mass is 9.95. The van der Waals surface area contributed by atoms with Crippen LogP contribution in [0.4, 0.5) is 0 Å². The molecule has 0 bridgehead atoms. The molecule has 3 atom stereocenters. The molecule has 2 fully saturated rings. The van der Waals surface area contributed by atoms with E-state index >= 15 is 0 Å². The molecule has 0 aromatic heterocycles. The molecule has 3 unspecified atom stereocenters. The van der Waals surface area contributed by atoms with E-state index in [1.54, 1.807) is 7.05 Å². The minimum absolute atomic E-state index is 0. The van der Waals surface area contributed by atoms with Crippen LogP contribution < -0.4 is 10.6 Å². The lowest BCUT2D eigenvalue weighted by Gasteiger charge is -2.23. The van der Waals surface area contributed by atoms with E-state index in [0.717, 1.165) is 45.0 Å². The average Bonchev–Trinajstić information content (AvgIpc) is 3.34. The van der Waals surface area contributed by atoms with E-state index in [2.05, 4.69) is 39.9 Å². The van der Waals surface area contributed by atoms with Crippen LogP contribution in [0.15, 0.2) is 35.3 Å². The molecule has 156 valence electrons. The number of hydrogen-bond donors (Lipinski definition) is 2. The van der Waals surface area contributed by atoms with Crippen molar-refractivity contribution < 1.29 is 9.53 Å². The first-order valence-electron chi connectivity index (χ1n) is 10.0. The molecular weight excluding hydrogens is 467 g/mol. The zero-order chi connectivity index (χ0) is 19.2. The number of amides is 1. The number of nitrogens with zero attached hydrogens (tertiary/aromatic N) is 2. The summed E-state index contributed by atoms with van der Waals surface area (Å²) in [4.78, 5) is 18.5. The number of hydrogen-bond acceptors (Lipinski definition) is 3. The first kappa shape index (κ1) is 22.9. The summed E-state index contributed by atoms with van der Waals surface area (Å²) >= 11 is 0. The third-order valence-electron chi connectivity index (χ3n) is 5.43. The van der Waals surface area contributed by atoms with Crippen molar-refractivity contribution in [2.45, 2.75) is 38.8 Å². The highest BCUT2D eigenvalue weighted by molar-refractivity contribution is 14.0. The Bertz CT molecular complexity index is 653. The summed E-state index contributed by atoms with van der Waals surface area (Å²) in [5, 5.41) is 6.93. The summed E-state index contributed by atoms with van der Waals surface area (Å²) in [6, 6.07) is 10.7. The van der Waals surface area contributed by atoms with Crippen molar-refractivity contribution in [2.75, 3.05) is 33.3 Å². The number of benzene rings is 1.